The molecule has 0 unspecified atom stereocenters. The van der Waals surface area contributed by atoms with Crippen LogP contribution in [0.1, 0.15) is 22.5 Å². The SMILES string of the molecule is O=C(N[C@@H]1CCOC[C@H]1OCc1ccccn1)c1cc(Cl)c[nH]c1=O. The molecule has 0 radical (unpaired) electrons. The van der Waals surface area contributed by atoms with Crippen molar-refractivity contribution in [2.75, 3.05) is 13.2 Å². The van der Waals surface area contributed by atoms with Crippen molar-refractivity contribution >= 4 is 17.5 Å². The summed E-state index contributed by atoms with van der Waals surface area (Å²) in [7, 11) is 0. The van der Waals surface area contributed by atoms with Gasteiger partial charge in [0.25, 0.3) is 11.5 Å². The van der Waals surface area contributed by atoms with Crippen LogP contribution in [-0.4, -0.2) is 41.2 Å². The number of carbonyl (C=O) groups is 1. The second kappa shape index (κ2) is 8.24. The summed E-state index contributed by atoms with van der Waals surface area (Å²) in [5.41, 5.74) is 0.284. The van der Waals surface area contributed by atoms with Crippen LogP contribution in [-0.2, 0) is 16.1 Å². The maximum Gasteiger partial charge on any atom is 0.260 e. The fraction of sp³-hybridized carbons (Fsp3) is 0.353. The monoisotopic (exact) mass is 363 g/mol. The van der Waals surface area contributed by atoms with E-state index in [-0.39, 0.29) is 17.7 Å². The molecule has 2 atom stereocenters. The molecular weight excluding hydrogens is 346 g/mol. The third-order valence-corrected chi connectivity index (χ3v) is 4.12. The minimum atomic E-state index is -0.486. The highest BCUT2D eigenvalue weighted by molar-refractivity contribution is 6.30. The number of carbonyl (C=O) groups excluding carboxylic acids is 1. The molecule has 25 heavy (non-hydrogen) atoms. The molecular formula is C17H18ClN3O4. The highest BCUT2D eigenvalue weighted by Crippen LogP contribution is 2.14. The van der Waals surface area contributed by atoms with E-state index in [1.165, 1.54) is 12.3 Å². The van der Waals surface area contributed by atoms with E-state index >= 15 is 0 Å². The van der Waals surface area contributed by atoms with Crippen LogP contribution in [0.3, 0.4) is 0 Å². The number of rotatable bonds is 5. The lowest BCUT2D eigenvalue weighted by atomic mass is 10.1. The van der Waals surface area contributed by atoms with E-state index in [0.29, 0.717) is 31.3 Å². The Balaban J connectivity index is 1.65. The molecule has 7 nitrogen and oxygen atoms in total. The molecule has 132 valence electrons. The lowest BCUT2D eigenvalue weighted by Crippen LogP contribution is -2.50. The van der Waals surface area contributed by atoms with Crippen molar-refractivity contribution in [3.05, 3.63) is 63.3 Å². The predicted molar refractivity (Wildman–Crippen MR) is 91.6 cm³/mol. The van der Waals surface area contributed by atoms with Gasteiger partial charge in [-0.25, -0.2) is 0 Å². The molecule has 1 aliphatic rings. The molecule has 0 spiro atoms. The largest absolute Gasteiger partial charge is 0.379 e. The van der Waals surface area contributed by atoms with Crippen molar-refractivity contribution < 1.29 is 14.3 Å². The predicted octanol–water partition coefficient (Wildman–Crippen LogP) is 1.53. The standard InChI is InChI=1S/C17H18ClN3O4/c18-11-7-13(16(22)20-8-11)17(23)21-14-4-6-24-10-15(14)25-9-12-3-1-2-5-19-12/h1-3,5,7-8,14-15H,4,6,9-10H2,(H,20,22)(H,21,23)/t14-,15-/m1/s1. The molecule has 2 N–H and O–H groups in total. The van der Waals surface area contributed by atoms with Gasteiger partial charge in [-0.2, -0.15) is 0 Å². The third kappa shape index (κ3) is 4.66. The second-order valence-corrected chi connectivity index (χ2v) is 6.11. The molecule has 8 heteroatoms. The van der Waals surface area contributed by atoms with Crippen LogP contribution in [0.15, 0.2) is 41.5 Å². The summed E-state index contributed by atoms with van der Waals surface area (Å²) in [5.74, 6) is -0.484. The highest BCUT2D eigenvalue weighted by atomic mass is 35.5. The summed E-state index contributed by atoms with van der Waals surface area (Å²) in [6.07, 6.45) is 3.31. The minimum Gasteiger partial charge on any atom is -0.379 e. The van der Waals surface area contributed by atoms with Crippen molar-refractivity contribution in [1.29, 1.82) is 0 Å². The number of amides is 1. The first-order valence-corrected chi connectivity index (χ1v) is 8.29. The van der Waals surface area contributed by atoms with Crippen LogP contribution in [0.4, 0.5) is 0 Å². The van der Waals surface area contributed by atoms with Crippen LogP contribution in [0.2, 0.25) is 5.02 Å². The van der Waals surface area contributed by atoms with E-state index < -0.39 is 11.5 Å². The maximum absolute atomic E-state index is 12.4. The molecule has 3 rings (SSSR count). The van der Waals surface area contributed by atoms with Gasteiger partial charge in [0.1, 0.15) is 11.7 Å². The molecule has 1 aliphatic heterocycles. The molecule has 0 aliphatic carbocycles. The summed E-state index contributed by atoms with van der Waals surface area (Å²) in [5, 5.41) is 3.14. The first-order valence-electron chi connectivity index (χ1n) is 7.92. The first kappa shape index (κ1) is 17.6. The number of H-pyrrole nitrogens is 1. The lowest BCUT2D eigenvalue weighted by Gasteiger charge is -2.32. The number of aromatic nitrogens is 2. The van der Waals surface area contributed by atoms with Gasteiger partial charge in [0.05, 0.1) is 30.0 Å². The second-order valence-electron chi connectivity index (χ2n) is 5.67. The molecule has 1 fully saturated rings. The number of halogens is 1. The Hall–Kier alpha value is -2.22. The number of hydrogen-bond donors (Lipinski definition) is 2. The van der Waals surface area contributed by atoms with Crippen LogP contribution in [0, 0.1) is 0 Å². The van der Waals surface area contributed by atoms with Gasteiger partial charge in [-0.3, -0.25) is 14.6 Å². The summed E-state index contributed by atoms with van der Waals surface area (Å²) < 4.78 is 11.3. The molecule has 0 bridgehead atoms. The average Bonchev–Trinajstić information content (AvgIpc) is 2.64. The zero-order chi connectivity index (χ0) is 17.6. The minimum absolute atomic E-state index is 0.0255. The molecule has 2 aromatic heterocycles. The quantitative estimate of drug-likeness (QED) is 0.840. The Bertz CT molecular complexity index is 781. The van der Waals surface area contributed by atoms with E-state index in [1.54, 1.807) is 6.20 Å². The molecule has 2 aromatic rings. The Morgan fingerprint density at radius 2 is 2.36 bits per heavy atom. The summed E-state index contributed by atoms with van der Waals surface area (Å²) in [6.45, 7) is 1.20. The molecule has 1 saturated heterocycles. The Morgan fingerprint density at radius 1 is 1.48 bits per heavy atom. The summed E-state index contributed by atoms with van der Waals surface area (Å²) in [4.78, 5) is 30.9. The van der Waals surface area contributed by atoms with E-state index in [1.807, 2.05) is 18.2 Å². The van der Waals surface area contributed by atoms with Gasteiger partial charge in [-0.1, -0.05) is 17.7 Å². The van der Waals surface area contributed by atoms with Crippen LogP contribution in [0.5, 0.6) is 0 Å². The fourth-order valence-electron chi connectivity index (χ4n) is 2.59. The zero-order valence-corrected chi connectivity index (χ0v) is 14.2. The maximum atomic E-state index is 12.4. The van der Waals surface area contributed by atoms with Crippen molar-refractivity contribution in [3.63, 3.8) is 0 Å². The molecule has 0 aromatic carbocycles. The van der Waals surface area contributed by atoms with Gasteiger partial charge < -0.3 is 19.8 Å². The number of nitrogens with zero attached hydrogens (tertiary/aromatic N) is 1. The van der Waals surface area contributed by atoms with Crippen molar-refractivity contribution in [1.82, 2.24) is 15.3 Å². The Labute approximate surface area is 149 Å². The van der Waals surface area contributed by atoms with Crippen molar-refractivity contribution in [2.45, 2.75) is 25.2 Å². The van der Waals surface area contributed by atoms with Crippen LogP contribution >= 0.6 is 11.6 Å². The van der Waals surface area contributed by atoms with Gasteiger partial charge in [0, 0.05) is 19.0 Å². The summed E-state index contributed by atoms with van der Waals surface area (Å²) in [6, 6.07) is 6.66. The average molecular weight is 364 g/mol. The van der Waals surface area contributed by atoms with E-state index in [2.05, 4.69) is 15.3 Å². The molecule has 1 amide bonds. The number of ether oxygens (including phenoxy) is 2. The highest BCUT2D eigenvalue weighted by Gasteiger charge is 2.29. The first-order chi connectivity index (χ1) is 12.1. The van der Waals surface area contributed by atoms with Crippen LogP contribution in [0.25, 0.3) is 0 Å². The van der Waals surface area contributed by atoms with E-state index in [4.69, 9.17) is 21.1 Å². The number of pyridine rings is 2. The van der Waals surface area contributed by atoms with Gasteiger partial charge in [-0.15, -0.1) is 0 Å². The van der Waals surface area contributed by atoms with E-state index in [0.717, 1.165) is 5.69 Å². The summed E-state index contributed by atoms with van der Waals surface area (Å²) >= 11 is 5.85. The van der Waals surface area contributed by atoms with Gasteiger partial charge in [-0.05, 0) is 24.6 Å². The molecule has 3 heterocycles. The van der Waals surface area contributed by atoms with Crippen LogP contribution < -0.4 is 10.9 Å². The third-order valence-electron chi connectivity index (χ3n) is 3.90. The Kier molecular flexibility index (Phi) is 5.80. The van der Waals surface area contributed by atoms with Gasteiger partial charge in [0.2, 0.25) is 0 Å². The van der Waals surface area contributed by atoms with Crippen molar-refractivity contribution in [2.24, 2.45) is 0 Å². The number of aromatic amines is 1. The fourth-order valence-corrected chi connectivity index (χ4v) is 2.75. The smallest absolute Gasteiger partial charge is 0.260 e. The number of hydrogen-bond acceptors (Lipinski definition) is 5. The lowest BCUT2D eigenvalue weighted by molar-refractivity contribution is -0.0743. The topological polar surface area (TPSA) is 93.3 Å². The van der Waals surface area contributed by atoms with Gasteiger partial charge >= 0.3 is 0 Å². The Morgan fingerprint density at radius 3 is 3.16 bits per heavy atom. The van der Waals surface area contributed by atoms with E-state index in [9.17, 15) is 9.59 Å². The van der Waals surface area contributed by atoms with Crippen molar-refractivity contribution in [3.8, 4) is 0 Å². The number of nitrogens with one attached hydrogen (secondary N) is 2. The normalized spacial score (nSPS) is 20.2. The van der Waals surface area contributed by atoms with Gasteiger partial charge in [0.15, 0.2) is 0 Å². The zero-order valence-electron chi connectivity index (χ0n) is 13.4. The molecule has 0 saturated carbocycles.